The first-order chi connectivity index (χ1) is 10.3. The molecule has 0 saturated carbocycles. The largest absolute Gasteiger partial charge is 0.477 e. The molecule has 7 nitrogen and oxygen atoms in total. The number of amidine groups is 1. The predicted molar refractivity (Wildman–Crippen MR) is 81.4 cm³/mol. The van der Waals surface area contributed by atoms with Crippen molar-refractivity contribution in [3.8, 4) is 0 Å². The second-order valence-electron chi connectivity index (χ2n) is 6.05. The molecule has 0 aromatic heterocycles. The first-order valence-electron chi connectivity index (χ1n) is 7.25. The Morgan fingerprint density at radius 2 is 2.09 bits per heavy atom. The van der Waals surface area contributed by atoms with E-state index in [-0.39, 0.29) is 22.9 Å². The Labute approximate surface area is 132 Å². The predicted octanol–water partition coefficient (Wildman–Crippen LogP) is 0.309. The number of carboxylic acids is 1. The van der Waals surface area contributed by atoms with Crippen molar-refractivity contribution in [3.05, 3.63) is 10.6 Å². The summed E-state index contributed by atoms with van der Waals surface area (Å²) in [4.78, 5) is 27.6. The van der Waals surface area contributed by atoms with Gasteiger partial charge >= 0.3 is 5.97 Å². The first kappa shape index (κ1) is 15.4. The van der Waals surface area contributed by atoms with Crippen molar-refractivity contribution < 1.29 is 19.8 Å². The zero-order chi connectivity index (χ0) is 16.2. The van der Waals surface area contributed by atoms with Crippen molar-refractivity contribution in [1.82, 2.24) is 9.80 Å². The van der Waals surface area contributed by atoms with Gasteiger partial charge in [-0.05, 0) is 13.8 Å². The van der Waals surface area contributed by atoms with Gasteiger partial charge in [0.1, 0.15) is 5.70 Å². The number of aliphatic hydroxyl groups excluding tert-OH is 1. The molecule has 2 unspecified atom stereocenters. The van der Waals surface area contributed by atoms with Gasteiger partial charge in [0, 0.05) is 29.7 Å². The monoisotopic (exact) mass is 325 g/mol. The van der Waals surface area contributed by atoms with E-state index in [2.05, 4.69) is 0 Å². The molecular formula is C14H19N3O4S. The van der Waals surface area contributed by atoms with E-state index in [0.29, 0.717) is 12.3 Å². The zero-order valence-electron chi connectivity index (χ0n) is 12.4. The number of likely N-dealkylation sites (tertiary alicyclic amines) is 1. The molecule has 3 rings (SSSR count). The molecule has 2 fully saturated rings. The third-order valence-corrected chi connectivity index (χ3v) is 5.80. The molecule has 1 amide bonds. The standard InChI is InChI=1S/C14H19N3O4S/c1-6(18)11-9-3-10(12(14(20)21)17(9)13(11)19)22-8-4-16(5-8)7(2)15/h6,8-9,11,15,18H,3-5H2,1-2H3,(H,20,21)/t6?,9-,11?/m1/s1. The van der Waals surface area contributed by atoms with Gasteiger partial charge in [0.05, 0.1) is 23.9 Å². The highest BCUT2D eigenvalue weighted by molar-refractivity contribution is 8.03. The quantitative estimate of drug-likeness (QED) is 0.390. The molecule has 0 spiro atoms. The topological polar surface area (TPSA) is 105 Å². The summed E-state index contributed by atoms with van der Waals surface area (Å²) in [5.74, 6) is -1.35. The Hall–Kier alpha value is -1.54. The second-order valence-corrected chi connectivity index (χ2v) is 7.45. The van der Waals surface area contributed by atoms with Gasteiger partial charge in [-0.3, -0.25) is 10.2 Å². The Bertz CT molecular complexity index is 583. The second kappa shape index (κ2) is 5.27. The fourth-order valence-electron chi connectivity index (χ4n) is 3.32. The van der Waals surface area contributed by atoms with Crippen LogP contribution >= 0.6 is 11.8 Å². The Balaban J connectivity index is 1.72. The van der Waals surface area contributed by atoms with Crippen molar-refractivity contribution in [2.24, 2.45) is 5.92 Å². The smallest absolute Gasteiger partial charge is 0.353 e. The Kier molecular flexibility index (Phi) is 3.68. The van der Waals surface area contributed by atoms with E-state index in [9.17, 15) is 19.8 Å². The third kappa shape index (κ3) is 2.21. The normalized spacial score (nSPS) is 29.1. The summed E-state index contributed by atoms with van der Waals surface area (Å²) in [6.45, 7) is 4.77. The van der Waals surface area contributed by atoms with Crippen LogP contribution in [-0.4, -0.2) is 68.2 Å². The summed E-state index contributed by atoms with van der Waals surface area (Å²) < 4.78 is 0. The van der Waals surface area contributed by atoms with Gasteiger partial charge in [-0.1, -0.05) is 0 Å². The van der Waals surface area contributed by atoms with E-state index in [0.717, 1.165) is 18.0 Å². The number of rotatable bonds is 4. The fourth-order valence-corrected chi connectivity index (χ4v) is 4.80. The van der Waals surface area contributed by atoms with Crippen LogP contribution in [0, 0.1) is 11.3 Å². The minimum atomic E-state index is -1.08. The van der Waals surface area contributed by atoms with Gasteiger partial charge in [-0.2, -0.15) is 0 Å². The molecule has 2 saturated heterocycles. The maximum atomic E-state index is 12.1. The molecule has 0 aromatic carbocycles. The maximum absolute atomic E-state index is 12.1. The minimum Gasteiger partial charge on any atom is -0.477 e. The van der Waals surface area contributed by atoms with E-state index in [1.54, 1.807) is 13.8 Å². The Morgan fingerprint density at radius 3 is 2.59 bits per heavy atom. The number of fused-ring (bicyclic) bond motifs is 1. The molecule has 3 atom stereocenters. The maximum Gasteiger partial charge on any atom is 0.353 e. The van der Waals surface area contributed by atoms with Gasteiger partial charge in [0.2, 0.25) is 5.91 Å². The molecule has 0 aliphatic carbocycles. The van der Waals surface area contributed by atoms with Gasteiger partial charge in [-0.25, -0.2) is 4.79 Å². The van der Waals surface area contributed by atoms with Gasteiger partial charge in [0.15, 0.2) is 0 Å². The lowest BCUT2D eigenvalue weighted by Gasteiger charge is -2.44. The van der Waals surface area contributed by atoms with Crippen molar-refractivity contribution in [3.63, 3.8) is 0 Å². The first-order valence-corrected chi connectivity index (χ1v) is 8.13. The van der Waals surface area contributed by atoms with Gasteiger partial charge in [0.25, 0.3) is 0 Å². The molecule has 3 aliphatic rings. The number of nitrogens with one attached hydrogen (secondary N) is 1. The number of thioether (sulfide) groups is 1. The van der Waals surface area contributed by atoms with Crippen LogP contribution in [0.4, 0.5) is 0 Å². The lowest BCUT2D eigenvalue weighted by Crippen LogP contribution is -2.61. The molecular weight excluding hydrogens is 306 g/mol. The number of aliphatic carboxylic acids is 1. The molecule has 0 radical (unpaired) electrons. The van der Waals surface area contributed by atoms with Crippen molar-refractivity contribution in [2.45, 2.75) is 37.7 Å². The van der Waals surface area contributed by atoms with Crippen LogP contribution in [0.15, 0.2) is 10.6 Å². The number of carbonyl (C=O) groups is 2. The zero-order valence-corrected chi connectivity index (χ0v) is 13.3. The summed E-state index contributed by atoms with van der Waals surface area (Å²) in [6, 6.07) is -0.221. The number of carbonyl (C=O) groups excluding carboxylic acids is 1. The van der Waals surface area contributed by atoms with E-state index >= 15 is 0 Å². The van der Waals surface area contributed by atoms with Crippen LogP contribution in [0.5, 0.6) is 0 Å². The van der Waals surface area contributed by atoms with Crippen molar-refractivity contribution in [2.75, 3.05) is 13.1 Å². The van der Waals surface area contributed by atoms with E-state index in [1.165, 1.54) is 16.7 Å². The van der Waals surface area contributed by atoms with Crippen LogP contribution in [0.1, 0.15) is 20.3 Å². The lowest BCUT2D eigenvalue weighted by molar-refractivity contribution is -0.161. The number of nitrogens with zero attached hydrogens (tertiary/aromatic N) is 2. The van der Waals surface area contributed by atoms with Crippen LogP contribution in [-0.2, 0) is 9.59 Å². The molecule has 3 N–H and O–H groups in total. The van der Waals surface area contributed by atoms with E-state index in [4.69, 9.17) is 5.41 Å². The molecule has 120 valence electrons. The van der Waals surface area contributed by atoms with Gasteiger partial charge in [-0.15, -0.1) is 11.8 Å². The summed E-state index contributed by atoms with van der Waals surface area (Å²) >= 11 is 1.50. The molecule has 8 heteroatoms. The molecule has 22 heavy (non-hydrogen) atoms. The summed E-state index contributed by atoms with van der Waals surface area (Å²) in [6.07, 6.45) is -0.249. The highest BCUT2D eigenvalue weighted by Crippen LogP contribution is 2.48. The number of aliphatic hydroxyl groups is 1. The van der Waals surface area contributed by atoms with Crippen LogP contribution in [0.3, 0.4) is 0 Å². The average Bonchev–Trinajstić information content (AvgIpc) is 2.66. The summed E-state index contributed by atoms with van der Waals surface area (Å²) in [5, 5.41) is 26.9. The fraction of sp³-hybridized carbons (Fsp3) is 0.643. The average molecular weight is 325 g/mol. The summed E-state index contributed by atoms with van der Waals surface area (Å²) in [5.41, 5.74) is 0.0851. The summed E-state index contributed by atoms with van der Waals surface area (Å²) in [7, 11) is 0. The molecule has 0 bridgehead atoms. The van der Waals surface area contributed by atoms with Crippen molar-refractivity contribution in [1.29, 1.82) is 5.41 Å². The third-order valence-electron chi connectivity index (χ3n) is 4.52. The Morgan fingerprint density at radius 1 is 1.45 bits per heavy atom. The van der Waals surface area contributed by atoms with Crippen molar-refractivity contribution >= 4 is 29.5 Å². The number of carboxylic acid groups (broad SMARTS) is 1. The van der Waals surface area contributed by atoms with E-state index < -0.39 is 18.0 Å². The highest BCUT2D eigenvalue weighted by Gasteiger charge is 2.57. The number of hydrogen-bond donors (Lipinski definition) is 3. The highest BCUT2D eigenvalue weighted by atomic mass is 32.2. The molecule has 0 aromatic rings. The molecule has 3 aliphatic heterocycles. The van der Waals surface area contributed by atoms with Crippen LogP contribution in [0.2, 0.25) is 0 Å². The number of hydrogen-bond acceptors (Lipinski definition) is 5. The number of amides is 1. The molecule has 3 heterocycles. The van der Waals surface area contributed by atoms with Crippen LogP contribution < -0.4 is 0 Å². The van der Waals surface area contributed by atoms with Gasteiger partial charge < -0.3 is 20.0 Å². The SMILES string of the molecule is CC(=N)N1CC(SC2=C(C(=O)O)N3C(=O)C(C(C)O)[C@H]3C2)C1. The minimum absolute atomic E-state index is 0.0851. The number of β-lactam (4-membered cyclic amide) rings is 1. The van der Waals surface area contributed by atoms with E-state index in [1.807, 2.05) is 4.90 Å². The van der Waals surface area contributed by atoms with Crippen LogP contribution in [0.25, 0.3) is 0 Å². The lowest BCUT2D eigenvalue weighted by atomic mass is 9.83.